The van der Waals surface area contributed by atoms with E-state index in [1.54, 1.807) is 0 Å². The lowest BCUT2D eigenvalue weighted by Gasteiger charge is -2.39. The molecule has 2 fully saturated rings. The SMILES string of the molecule is CC12C=CC(O1)C1CCCC12CO. The van der Waals surface area contributed by atoms with E-state index in [1.165, 1.54) is 12.8 Å². The summed E-state index contributed by atoms with van der Waals surface area (Å²) < 4.78 is 5.95. The number of ether oxygens (including phenoxy) is 1. The molecule has 13 heavy (non-hydrogen) atoms. The van der Waals surface area contributed by atoms with Crippen LogP contribution >= 0.6 is 0 Å². The molecule has 2 aliphatic heterocycles. The molecule has 1 N–H and O–H groups in total. The topological polar surface area (TPSA) is 29.5 Å². The zero-order chi connectivity index (χ0) is 9.10. The van der Waals surface area contributed by atoms with E-state index in [9.17, 15) is 5.11 Å². The van der Waals surface area contributed by atoms with Crippen LogP contribution in [0.25, 0.3) is 0 Å². The van der Waals surface area contributed by atoms with Crippen LogP contribution < -0.4 is 0 Å². The number of fused-ring (bicyclic) bond motifs is 5. The van der Waals surface area contributed by atoms with E-state index in [0.29, 0.717) is 12.0 Å². The Balaban J connectivity index is 2.10. The summed E-state index contributed by atoms with van der Waals surface area (Å²) in [6.45, 7) is 2.42. The number of hydrogen-bond acceptors (Lipinski definition) is 2. The second-order valence-corrected chi connectivity index (χ2v) is 4.86. The van der Waals surface area contributed by atoms with Crippen LogP contribution in [-0.2, 0) is 4.74 Å². The zero-order valence-electron chi connectivity index (χ0n) is 7.99. The zero-order valence-corrected chi connectivity index (χ0v) is 7.99. The first-order valence-electron chi connectivity index (χ1n) is 5.20. The van der Waals surface area contributed by atoms with Gasteiger partial charge in [-0.15, -0.1) is 0 Å². The van der Waals surface area contributed by atoms with Crippen molar-refractivity contribution in [1.82, 2.24) is 0 Å². The monoisotopic (exact) mass is 180 g/mol. The standard InChI is InChI=1S/C11H16O2/c1-10-6-4-9(13-10)8-3-2-5-11(8,10)7-12/h4,6,8-9,12H,2-3,5,7H2,1H3. The minimum Gasteiger partial charge on any atom is -0.396 e. The molecule has 72 valence electrons. The van der Waals surface area contributed by atoms with E-state index in [4.69, 9.17) is 4.74 Å². The van der Waals surface area contributed by atoms with Gasteiger partial charge in [-0.1, -0.05) is 18.6 Å². The summed E-state index contributed by atoms with van der Waals surface area (Å²) in [5, 5.41) is 9.60. The Morgan fingerprint density at radius 2 is 2.46 bits per heavy atom. The second kappa shape index (κ2) is 2.18. The van der Waals surface area contributed by atoms with Gasteiger partial charge in [0.25, 0.3) is 0 Å². The van der Waals surface area contributed by atoms with Gasteiger partial charge >= 0.3 is 0 Å². The first-order valence-corrected chi connectivity index (χ1v) is 5.20. The Morgan fingerprint density at radius 3 is 3.15 bits per heavy atom. The van der Waals surface area contributed by atoms with E-state index in [1.807, 2.05) is 0 Å². The molecule has 3 aliphatic rings. The van der Waals surface area contributed by atoms with Crippen LogP contribution in [0.4, 0.5) is 0 Å². The summed E-state index contributed by atoms with van der Waals surface area (Å²) in [5.41, 5.74) is -0.125. The Bertz CT molecular complexity index is 273. The van der Waals surface area contributed by atoms with Crippen LogP contribution in [0.2, 0.25) is 0 Å². The van der Waals surface area contributed by atoms with Crippen molar-refractivity contribution in [3.05, 3.63) is 12.2 Å². The van der Waals surface area contributed by atoms with Crippen LogP contribution in [-0.4, -0.2) is 23.4 Å². The molecule has 1 aliphatic carbocycles. The first kappa shape index (κ1) is 8.01. The van der Waals surface area contributed by atoms with Crippen molar-refractivity contribution in [2.45, 2.75) is 37.9 Å². The predicted octanol–water partition coefficient (Wildman–Crippen LogP) is 1.49. The number of rotatable bonds is 1. The van der Waals surface area contributed by atoms with Crippen LogP contribution in [0.3, 0.4) is 0 Å². The molecule has 1 saturated heterocycles. The maximum atomic E-state index is 9.60. The number of hydrogen-bond donors (Lipinski definition) is 1. The van der Waals surface area contributed by atoms with Crippen LogP contribution in [0.15, 0.2) is 12.2 Å². The molecule has 0 amide bonds. The maximum Gasteiger partial charge on any atom is 0.0925 e. The van der Waals surface area contributed by atoms with E-state index in [2.05, 4.69) is 19.1 Å². The van der Waals surface area contributed by atoms with E-state index in [0.717, 1.165) is 6.42 Å². The third-order valence-corrected chi connectivity index (χ3v) is 4.50. The third kappa shape index (κ3) is 0.692. The van der Waals surface area contributed by atoms with Crippen molar-refractivity contribution in [2.24, 2.45) is 11.3 Å². The van der Waals surface area contributed by atoms with Gasteiger partial charge in [0, 0.05) is 5.41 Å². The molecule has 0 radical (unpaired) electrons. The fourth-order valence-electron chi connectivity index (χ4n) is 3.69. The first-order chi connectivity index (χ1) is 6.22. The molecule has 3 rings (SSSR count). The van der Waals surface area contributed by atoms with Gasteiger partial charge in [0.2, 0.25) is 0 Å². The van der Waals surface area contributed by atoms with Crippen molar-refractivity contribution in [3.8, 4) is 0 Å². The van der Waals surface area contributed by atoms with E-state index >= 15 is 0 Å². The highest BCUT2D eigenvalue weighted by molar-refractivity contribution is 5.28. The number of aliphatic hydroxyl groups excluding tert-OH is 1. The van der Waals surface area contributed by atoms with Gasteiger partial charge < -0.3 is 9.84 Å². The summed E-state index contributed by atoms with van der Waals surface area (Å²) >= 11 is 0. The van der Waals surface area contributed by atoms with Gasteiger partial charge in [-0.05, 0) is 25.7 Å². The molecule has 4 atom stereocenters. The Labute approximate surface area is 78.6 Å². The van der Waals surface area contributed by atoms with Crippen molar-refractivity contribution in [3.63, 3.8) is 0 Å². The molecule has 0 aromatic rings. The Kier molecular flexibility index (Phi) is 1.34. The lowest BCUT2D eigenvalue weighted by Crippen LogP contribution is -2.45. The van der Waals surface area contributed by atoms with Crippen LogP contribution in [0.1, 0.15) is 26.2 Å². The van der Waals surface area contributed by atoms with Crippen LogP contribution in [0.5, 0.6) is 0 Å². The van der Waals surface area contributed by atoms with Gasteiger partial charge in [0.1, 0.15) is 0 Å². The van der Waals surface area contributed by atoms with Crippen molar-refractivity contribution in [2.75, 3.05) is 6.61 Å². The van der Waals surface area contributed by atoms with E-state index in [-0.39, 0.29) is 17.6 Å². The number of aliphatic hydroxyl groups is 1. The fraction of sp³-hybridized carbons (Fsp3) is 0.818. The van der Waals surface area contributed by atoms with Crippen molar-refractivity contribution >= 4 is 0 Å². The van der Waals surface area contributed by atoms with Crippen molar-refractivity contribution < 1.29 is 9.84 Å². The summed E-state index contributed by atoms with van der Waals surface area (Å²) in [4.78, 5) is 0. The minimum absolute atomic E-state index is 0.0480. The summed E-state index contributed by atoms with van der Waals surface area (Å²) in [6.07, 6.45) is 8.25. The molecule has 0 aromatic heterocycles. The smallest absolute Gasteiger partial charge is 0.0925 e. The fourth-order valence-corrected chi connectivity index (χ4v) is 3.69. The molecule has 2 heterocycles. The highest BCUT2D eigenvalue weighted by Gasteiger charge is 2.65. The average Bonchev–Trinajstić information content (AvgIpc) is 2.71. The molecular formula is C11H16O2. The van der Waals surface area contributed by atoms with Crippen LogP contribution in [0, 0.1) is 11.3 Å². The van der Waals surface area contributed by atoms with Gasteiger partial charge in [-0.3, -0.25) is 0 Å². The Morgan fingerprint density at radius 1 is 1.62 bits per heavy atom. The molecule has 4 unspecified atom stereocenters. The molecule has 2 heteroatoms. The van der Waals surface area contributed by atoms with Gasteiger partial charge in [-0.2, -0.15) is 0 Å². The molecule has 0 spiro atoms. The normalized spacial score (nSPS) is 57.4. The van der Waals surface area contributed by atoms with Gasteiger partial charge in [0.05, 0.1) is 18.3 Å². The highest BCUT2D eigenvalue weighted by atomic mass is 16.5. The van der Waals surface area contributed by atoms with Gasteiger partial charge in [-0.25, -0.2) is 0 Å². The quantitative estimate of drug-likeness (QED) is 0.619. The molecule has 2 bridgehead atoms. The maximum absolute atomic E-state index is 9.60. The third-order valence-electron chi connectivity index (χ3n) is 4.50. The highest BCUT2D eigenvalue weighted by Crippen LogP contribution is 2.62. The molecule has 1 saturated carbocycles. The van der Waals surface area contributed by atoms with Gasteiger partial charge in [0.15, 0.2) is 0 Å². The largest absolute Gasteiger partial charge is 0.396 e. The minimum atomic E-state index is -0.173. The lowest BCUT2D eigenvalue weighted by atomic mass is 9.65. The molecule has 0 aromatic carbocycles. The molecular weight excluding hydrogens is 164 g/mol. The predicted molar refractivity (Wildman–Crippen MR) is 49.3 cm³/mol. The lowest BCUT2D eigenvalue weighted by molar-refractivity contribution is -0.0361. The summed E-state index contributed by atoms with van der Waals surface area (Å²) in [6, 6.07) is 0. The molecule has 2 nitrogen and oxygen atoms in total. The van der Waals surface area contributed by atoms with Crippen molar-refractivity contribution in [1.29, 1.82) is 0 Å². The summed E-state index contributed by atoms with van der Waals surface area (Å²) in [5.74, 6) is 0.576. The average molecular weight is 180 g/mol. The second-order valence-electron chi connectivity index (χ2n) is 4.86. The summed E-state index contributed by atoms with van der Waals surface area (Å²) in [7, 11) is 0. The Hall–Kier alpha value is -0.340. The van der Waals surface area contributed by atoms with E-state index < -0.39 is 0 Å².